The molecule has 4 rings (SSSR count). The molecule has 246 valence electrons. The number of alkyl halides is 3. The van der Waals surface area contributed by atoms with E-state index in [1.165, 1.54) is 0 Å². The minimum atomic E-state index is -4.54. The van der Waals surface area contributed by atoms with Crippen LogP contribution in [-0.2, 0) is 38.3 Å². The maximum absolute atomic E-state index is 13.6. The predicted molar refractivity (Wildman–Crippen MR) is 149 cm³/mol. The molecule has 1 saturated heterocycles. The Morgan fingerprint density at radius 2 is 1.64 bits per heavy atom. The number of fused-ring (bicyclic) bond motifs is 1. The second-order valence-electron chi connectivity index (χ2n) is 10.8. The summed E-state index contributed by atoms with van der Waals surface area (Å²) >= 11 is 0. The Labute approximate surface area is 255 Å². The number of carbonyl (C=O) groups is 4. The standard InChI is InChI=1S/C22H27F3N6O.C6H8O7/c1-4-16-12-19(22(23,24)25)31-20(26-16)13-17(28-31)18-7-5-9-29(18)21(32)8-6-10-30-15(3)11-14(2)27-30;7-3(8)1-6(13,5(11)12)2-4(9)10/h11-13,18H,4-10H2,1-3H3;13H,1-2H2,(H,7,8)(H,9,10)(H,11,12). The molecular weight excluding hydrogens is 605 g/mol. The van der Waals surface area contributed by atoms with Crippen LogP contribution in [0.4, 0.5) is 13.2 Å². The van der Waals surface area contributed by atoms with Gasteiger partial charge in [-0.25, -0.2) is 14.3 Å². The van der Waals surface area contributed by atoms with Crippen LogP contribution < -0.4 is 0 Å². The third kappa shape index (κ3) is 8.77. The van der Waals surface area contributed by atoms with Gasteiger partial charge in [-0.2, -0.15) is 23.4 Å². The summed E-state index contributed by atoms with van der Waals surface area (Å²) in [4.78, 5) is 49.5. The molecule has 0 aliphatic carbocycles. The molecule has 0 saturated carbocycles. The lowest BCUT2D eigenvalue weighted by molar-refractivity contribution is -0.170. The van der Waals surface area contributed by atoms with E-state index in [-0.39, 0.29) is 17.6 Å². The normalized spacial score (nSPS) is 15.2. The first-order valence-corrected chi connectivity index (χ1v) is 14.1. The van der Waals surface area contributed by atoms with Gasteiger partial charge in [0.2, 0.25) is 5.91 Å². The highest BCUT2D eigenvalue weighted by atomic mass is 19.4. The summed E-state index contributed by atoms with van der Waals surface area (Å²) in [5.74, 6) is -5.03. The number of nitrogens with zero attached hydrogens (tertiary/aromatic N) is 6. The van der Waals surface area contributed by atoms with Crippen LogP contribution in [0.3, 0.4) is 0 Å². The molecular formula is C28H35F3N6O8. The van der Waals surface area contributed by atoms with Crippen LogP contribution in [0.15, 0.2) is 18.2 Å². The van der Waals surface area contributed by atoms with Gasteiger partial charge in [0.15, 0.2) is 11.2 Å². The molecule has 1 aliphatic rings. The van der Waals surface area contributed by atoms with Crippen molar-refractivity contribution in [1.29, 1.82) is 0 Å². The molecule has 0 radical (unpaired) electrons. The molecule has 45 heavy (non-hydrogen) atoms. The van der Waals surface area contributed by atoms with Gasteiger partial charge in [0.1, 0.15) is 5.69 Å². The van der Waals surface area contributed by atoms with Crippen molar-refractivity contribution in [2.45, 2.75) is 90.1 Å². The van der Waals surface area contributed by atoms with Crippen molar-refractivity contribution in [2.75, 3.05) is 6.54 Å². The number of aryl methyl sites for hydroxylation is 4. The van der Waals surface area contributed by atoms with Gasteiger partial charge in [-0.15, -0.1) is 0 Å². The lowest BCUT2D eigenvalue weighted by atomic mass is 9.96. The lowest BCUT2D eigenvalue weighted by Crippen LogP contribution is -2.42. The van der Waals surface area contributed by atoms with Crippen LogP contribution in [0, 0.1) is 13.8 Å². The van der Waals surface area contributed by atoms with E-state index in [2.05, 4.69) is 15.2 Å². The highest BCUT2D eigenvalue weighted by Gasteiger charge is 2.41. The van der Waals surface area contributed by atoms with Crippen LogP contribution in [-0.4, -0.2) is 85.7 Å². The van der Waals surface area contributed by atoms with E-state index in [9.17, 15) is 32.3 Å². The quantitative estimate of drug-likeness (QED) is 0.240. The van der Waals surface area contributed by atoms with Crippen molar-refractivity contribution in [3.63, 3.8) is 0 Å². The van der Waals surface area contributed by atoms with Gasteiger partial charge in [0.25, 0.3) is 0 Å². The fourth-order valence-corrected chi connectivity index (χ4v) is 5.10. The van der Waals surface area contributed by atoms with Crippen molar-refractivity contribution in [2.24, 2.45) is 0 Å². The molecule has 1 amide bonds. The predicted octanol–water partition coefficient (Wildman–Crippen LogP) is 3.02. The summed E-state index contributed by atoms with van der Waals surface area (Å²) in [7, 11) is 0. The van der Waals surface area contributed by atoms with Gasteiger partial charge in [-0.05, 0) is 51.7 Å². The number of halogens is 3. The number of aliphatic carboxylic acids is 3. The molecule has 4 heterocycles. The second-order valence-corrected chi connectivity index (χ2v) is 10.8. The third-order valence-corrected chi connectivity index (χ3v) is 7.22. The van der Waals surface area contributed by atoms with E-state index in [1.54, 1.807) is 17.9 Å². The third-order valence-electron chi connectivity index (χ3n) is 7.22. The number of carbonyl (C=O) groups excluding carboxylic acids is 1. The van der Waals surface area contributed by atoms with E-state index in [0.29, 0.717) is 50.2 Å². The molecule has 0 spiro atoms. The van der Waals surface area contributed by atoms with Gasteiger partial charge < -0.3 is 25.3 Å². The molecule has 14 nitrogen and oxygen atoms in total. The Morgan fingerprint density at radius 3 is 2.16 bits per heavy atom. The highest BCUT2D eigenvalue weighted by Crippen LogP contribution is 2.35. The zero-order chi connectivity index (χ0) is 33.7. The van der Waals surface area contributed by atoms with Crippen LogP contribution in [0.2, 0.25) is 0 Å². The Hall–Kier alpha value is -4.54. The Bertz CT molecular complexity index is 1550. The van der Waals surface area contributed by atoms with Crippen molar-refractivity contribution in [1.82, 2.24) is 29.3 Å². The zero-order valence-electron chi connectivity index (χ0n) is 24.9. The van der Waals surface area contributed by atoms with E-state index >= 15 is 0 Å². The molecule has 1 fully saturated rings. The smallest absolute Gasteiger partial charge is 0.433 e. The van der Waals surface area contributed by atoms with E-state index < -0.39 is 48.2 Å². The number of aromatic nitrogens is 5. The summed E-state index contributed by atoms with van der Waals surface area (Å²) in [5, 5.41) is 42.5. The first kappa shape index (κ1) is 34.9. The molecule has 0 aromatic carbocycles. The lowest BCUT2D eigenvalue weighted by Gasteiger charge is -2.23. The first-order valence-electron chi connectivity index (χ1n) is 14.1. The number of aliphatic hydroxyl groups is 1. The van der Waals surface area contributed by atoms with Crippen LogP contribution in [0.5, 0.6) is 0 Å². The molecule has 3 aromatic heterocycles. The average molecular weight is 641 g/mol. The molecule has 0 bridgehead atoms. The number of rotatable bonds is 11. The highest BCUT2D eigenvalue weighted by molar-refractivity contribution is 5.88. The minimum Gasteiger partial charge on any atom is -0.481 e. The van der Waals surface area contributed by atoms with Crippen molar-refractivity contribution in [3.8, 4) is 0 Å². The van der Waals surface area contributed by atoms with E-state index in [1.807, 2.05) is 24.6 Å². The summed E-state index contributed by atoms with van der Waals surface area (Å²) in [6, 6.07) is 4.29. The van der Waals surface area contributed by atoms with Gasteiger partial charge >= 0.3 is 24.1 Å². The van der Waals surface area contributed by atoms with Crippen LogP contribution in [0.25, 0.3) is 5.65 Å². The second kappa shape index (κ2) is 14.0. The summed E-state index contributed by atoms with van der Waals surface area (Å²) < 4.78 is 43.5. The largest absolute Gasteiger partial charge is 0.481 e. The zero-order valence-corrected chi connectivity index (χ0v) is 24.9. The molecule has 1 atom stereocenters. The molecule has 3 aromatic rings. The molecule has 4 N–H and O–H groups in total. The molecule has 17 heteroatoms. The molecule has 1 unspecified atom stereocenters. The van der Waals surface area contributed by atoms with Gasteiger partial charge in [-0.1, -0.05) is 6.92 Å². The number of carboxylic acids is 3. The van der Waals surface area contributed by atoms with Gasteiger partial charge in [-0.3, -0.25) is 19.1 Å². The SMILES string of the molecule is CCc1cc(C(F)(F)F)n2nc(C3CCCN3C(=O)CCCn3nc(C)cc3C)cc2n1.O=C(O)CC(O)(CC(=O)O)C(=O)O. The topological polar surface area (TPSA) is 200 Å². The Balaban J connectivity index is 0.000000360. The fraction of sp³-hybridized carbons (Fsp3) is 0.536. The summed E-state index contributed by atoms with van der Waals surface area (Å²) in [6.07, 6.45) is -3.96. The van der Waals surface area contributed by atoms with E-state index in [4.69, 9.17) is 20.4 Å². The van der Waals surface area contributed by atoms with Crippen LogP contribution >= 0.6 is 0 Å². The monoisotopic (exact) mass is 640 g/mol. The average Bonchev–Trinajstić information content (AvgIpc) is 3.64. The number of hydrogen-bond acceptors (Lipinski definition) is 8. The summed E-state index contributed by atoms with van der Waals surface area (Å²) in [5.41, 5.74) is -0.601. The number of hydrogen-bond donors (Lipinski definition) is 4. The Morgan fingerprint density at radius 1 is 1.00 bits per heavy atom. The van der Waals surface area contributed by atoms with Crippen molar-refractivity contribution in [3.05, 3.63) is 46.7 Å². The van der Waals surface area contributed by atoms with Crippen molar-refractivity contribution < 1.29 is 52.8 Å². The van der Waals surface area contributed by atoms with Gasteiger partial charge in [0.05, 0.1) is 30.3 Å². The minimum absolute atomic E-state index is 0.00987. The first-order chi connectivity index (χ1) is 20.9. The van der Waals surface area contributed by atoms with E-state index in [0.717, 1.165) is 28.4 Å². The number of carboxylic acid groups (broad SMARTS) is 3. The number of amides is 1. The Kier molecular flexibility index (Phi) is 10.9. The van der Waals surface area contributed by atoms with Crippen molar-refractivity contribution >= 4 is 29.5 Å². The molecule has 1 aliphatic heterocycles. The summed E-state index contributed by atoms with van der Waals surface area (Å²) in [6.45, 7) is 6.91. The maximum atomic E-state index is 13.6. The number of likely N-dealkylation sites (tertiary alicyclic amines) is 1. The fourth-order valence-electron chi connectivity index (χ4n) is 5.10. The maximum Gasteiger partial charge on any atom is 0.433 e. The van der Waals surface area contributed by atoms with Crippen LogP contribution in [0.1, 0.15) is 80.0 Å². The van der Waals surface area contributed by atoms with Gasteiger partial charge in [0, 0.05) is 37.0 Å².